The number of hydrogen-bond donors (Lipinski definition) is 2. The van der Waals surface area contributed by atoms with Gasteiger partial charge < -0.3 is 14.9 Å². The van der Waals surface area contributed by atoms with E-state index in [1.165, 1.54) is 12.1 Å². The van der Waals surface area contributed by atoms with Gasteiger partial charge in [-0.3, -0.25) is 4.90 Å². The van der Waals surface area contributed by atoms with Crippen LogP contribution in [0.5, 0.6) is 5.75 Å². The summed E-state index contributed by atoms with van der Waals surface area (Å²) in [6, 6.07) is 3.51. The van der Waals surface area contributed by atoms with Gasteiger partial charge in [0.1, 0.15) is 18.4 Å². The van der Waals surface area contributed by atoms with E-state index < -0.39 is 18.1 Å². The van der Waals surface area contributed by atoms with Gasteiger partial charge in [-0.1, -0.05) is 18.7 Å². The number of hydrogen-bond acceptors (Lipinski definition) is 4. The van der Waals surface area contributed by atoms with Crippen LogP contribution >= 0.6 is 0 Å². The number of phenolic OH excluding ortho intramolecular Hbond substituents is 1. The second-order valence-corrected chi connectivity index (χ2v) is 4.07. The summed E-state index contributed by atoms with van der Waals surface area (Å²) in [5, 5.41) is 18.9. The predicted molar refractivity (Wildman–Crippen MR) is 67.3 cm³/mol. The number of amides is 1. The Morgan fingerprint density at radius 2 is 2.26 bits per heavy atom. The van der Waals surface area contributed by atoms with Gasteiger partial charge in [-0.25, -0.2) is 9.59 Å². The van der Waals surface area contributed by atoms with Crippen molar-refractivity contribution < 1.29 is 24.5 Å². The Labute approximate surface area is 109 Å². The summed E-state index contributed by atoms with van der Waals surface area (Å²) in [6.07, 6.45) is 0.685. The van der Waals surface area contributed by atoms with Gasteiger partial charge in [0, 0.05) is 12.0 Å². The molecule has 1 unspecified atom stereocenters. The lowest BCUT2D eigenvalue weighted by atomic mass is 10.1. The lowest BCUT2D eigenvalue weighted by Crippen LogP contribution is -2.43. The molecule has 1 aliphatic heterocycles. The molecule has 1 amide bonds. The van der Waals surface area contributed by atoms with Crippen LogP contribution in [0.15, 0.2) is 30.9 Å². The molecule has 2 rings (SSSR count). The van der Waals surface area contributed by atoms with Crippen molar-refractivity contribution in [1.29, 1.82) is 0 Å². The Morgan fingerprint density at radius 3 is 2.89 bits per heavy atom. The topological polar surface area (TPSA) is 87.1 Å². The van der Waals surface area contributed by atoms with E-state index in [4.69, 9.17) is 9.84 Å². The molecule has 6 nitrogen and oxygen atoms in total. The zero-order valence-electron chi connectivity index (χ0n) is 10.1. The van der Waals surface area contributed by atoms with Crippen molar-refractivity contribution in [3.63, 3.8) is 0 Å². The first-order valence-corrected chi connectivity index (χ1v) is 5.66. The van der Waals surface area contributed by atoms with Gasteiger partial charge in [-0.05, 0) is 12.1 Å². The van der Waals surface area contributed by atoms with Gasteiger partial charge in [0.2, 0.25) is 0 Å². The Kier molecular flexibility index (Phi) is 3.41. The summed E-state index contributed by atoms with van der Waals surface area (Å²) < 4.78 is 4.88. The molecular weight excluding hydrogens is 250 g/mol. The fourth-order valence-corrected chi connectivity index (χ4v) is 2.07. The van der Waals surface area contributed by atoms with E-state index in [-0.39, 0.29) is 18.8 Å². The fraction of sp³-hybridized carbons (Fsp3) is 0.231. The molecule has 0 radical (unpaired) electrons. The summed E-state index contributed by atoms with van der Waals surface area (Å²) in [5.41, 5.74) is 0.798. The van der Waals surface area contributed by atoms with Gasteiger partial charge >= 0.3 is 12.1 Å². The maximum Gasteiger partial charge on any atom is 0.415 e. The molecule has 0 bridgehead atoms. The molecule has 0 spiro atoms. The second-order valence-electron chi connectivity index (χ2n) is 4.07. The van der Waals surface area contributed by atoms with Crippen molar-refractivity contribution in [3.8, 4) is 5.75 Å². The Morgan fingerprint density at radius 1 is 1.53 bits per heavy atom. The average molecular weight is 263 g/mol. The van der Waals surface area contributed by atoms with Crippen molar-refractivity contribution >= 4 is 17.7 Å². The lowest BCUT2D eigenvalue weighted by molar-refractivity contribution is -0.138. The standard InChI is InChI=1S/C13H13NO5/c1-2-6-19-13(18)14-9-4-3-5-11(15)8(9)7-10(14)12(16)17/h2-5,10,15H,1,6-7H2,(H,16,17). The Balaban J connectivity index is 2.38. The highest BCUT2D eigenvalue weighted by Crippen LogP contribution is 2.38. The minimum Gasteiger partial charge on any atom is -0.508 e. The third-order valence-electron chi connectivity index (χ3n) is 2.90. The van der Waals surface area contributed by atoms with Crippen LogP contribution in [0.1, 0.15) is 5.56 Å². The van der Waals surface area contributed by atoms with Crippen LogP contribution in [0.3, 0.4) is 0 Å². The number of phenols is 1. The number of ether oxygens (including phenoxy) is 1. The van der Waals surface area contributed by atoms with Crippen LogP contribution in [0, 0.1) is 0 Å². The Bertz CT molecular complexity index is 540. The number of benzene rings is 1. The van der Waals surface area contributed by atoms with Crippen molar-refractivity contribution in [2.75, 3.05) is 11.5 Å². The highest BCUT2D eigenvalue weighted by Gasteiger charge is 2.40. The number of fused-ring (bicyclic) bond motifs is 1. The first-order chi connectivity index (χ1) is 9.06. The summed E-state index contributed by atoms with van der Waals surface area (Å²) in [6.45, 7) is 3.42. The smallest absolute Gasteiger partial charge is 0.415 e. The maximum atomic E-state index is 11.9. The van der Waals surface area contributed by atoms with E-state index in [9.17, 15) is 14.7 Å². The molecule has 100 valence electrons. The zero-order chi connectivity index (χ0) is 14.0. The highest BCUT2D eigenvalue weighted by molar-refractivity contribution is 5.99. The van der Waals surface area contributed by atoms with Gasteiger partial charge in [-0.15, -0.1) is 0 Å². The van der Waals surface area contributed by atoms with Crippen LogP contribution < -0.4 is 4.90 Å². The molecule has 1 aliphatic rings. The van der Waals surface area contributed by atoms with Crippen LogP contribution in [0.2, 0.25) is 0 Å². The number of anilines is 1. The molecule has 0 saturated carbocycles. The minimum atomic E-state index is -1.15. The SMILES string of the molecule is C=CCOC(=O)N1c2cccc(O)c2CC1C(=O)O. The summed E-state index contributed by atoms with van der Waals surface area (Å²) in [4.78, 5) is 24.2. The quantitative estimate of drug-likeness (QED) is 0.807. The number of rotatable bonds is 3. The minimum absolute atomic E-state index is 0.00415. The number of carbonyl (C=O) groups excluding carboxylic acids is 1. The number of carboxylic acids is 1. The predicted octanol–water partition coefficient (Wildman–Crippen LogP) is 1.53. The van der Waals surface area contributed by atoms with Crippen LogP contribution in [-0.2, 0) is 16.0 Å². The molecular formula is C13H13NO5. The number of carbonyl (C=O) groups is 2. The van der Waals surface area contributed by atoms with Crippen LogP contribution in [-0.4, -0.2) is 34.9 Å². The number of carboxylic acid groups (broad SMARTS) is 1. The summed E-state index contributed by atoms with van der Waals surface area (Å²) >= 11 is 0. The molecule has 0 fully saturated rings. The van der Waals surface area contributed by atoms with Crippen molar-refractivity contribution in [2.45, 2.75) is 12.5 Å². The van der Waals surface area contributed by atoms with E-state index in [1.807, 2.05) is 0 Å². The zero-order valence-corrected chi connectivity index (χ0v) is 10.1. The molecule has 19 heavy (non-hydrogen) atoms. The summed E-state index contributed by atoms with van der Waals surface area (Å²) in [7, 11) is 0. The van der Waals surface area contributed by atoms with E-state index in [1.54, 1.807) is 12.1 Å². The summed E-state index contributed by atoms with van der Waals surface area (Å²) in [5.74, 6) is -1.17. The molecule has 0 aromatic heterocycles. The molecule has 6 heteroatoms. The first-order valence-electron chi connectivity index (χ1n) is 5.66. The van der Waals surface area contributed by atoms with Crippen molar-refractivity contribution in [2.24, 2.45) is 0 Å². The highest BCUT2D eigenvalue weighted by atomic mass is 16.6. The number of aromatic hydroxyl groups is 1. The molecule has 0 aliphatic carbocycles. The van der Waals surface area contributed by atoms with Crippen LogP contribution in [0.4, 0.5) is 10.5 Å². The van der Waals surface area contributed by atoms with E-state index >= 15 is 0 Å². The average Bonchev–Trinajstić information content (AvgIpc) is 2.77. The molecule has 1 atom stereocenters. The normalized spacial score (nSPS) is 16.8. The van der Waals surface area contributed by atoms with Crippen molar-refractivity contribution in [3.05, 3.63) is 36.4 Å². The first kappa shape index (κ1) is 12.9. The monoisotopic (exact) mass is 263 g/mol. The van der Waals surface area contributed by atoms with E-state index in [2.05, 4.69) is 6.58 Å². The third-order valence-corrected chi connectivity index (χ3v) is 2.90. The van der Waals surface area contributed by atoms with E-state index in [0.717, 1.165) is 4.90 Å². The molecule has 0 saturated heterocycles. The van der Waals surface area contributed by atoms with Gasteiger partial charge in [0.15, 0.2) is 0 Å². The molecule has 2 N–H and O–H groups in total. The maximum absolute atomic E-state index is 11.9. The lowest BCUT2D eigenvalue weighted by Gasteiger charge is -2.21. The Hall–Kier alpha value is -2.50. The number of nitrogens with zero attached hydrogens (tertiary/aromatic N) is 1. The second kappa shape index (κ2) is 5.01. The molecule has 1 heterocycles. The third kappa shape index (κ3) is 2.24. The molecule has 1 aromatic rings. The van der Waals surface area contributed by atoms with Crippen molar-refractivity contribution in [1.82, 2.24) is 0 Å². The van der Waals surface area contributed by atoms with Gasteiger partial charge in [0.25, 0.3) is 0 Å². The van der Waals surface area contributed by atoms with Gasteiger partial charge in [0.05, 0.1) is 5.69 Å². The number of aliphatic carboxylic acids is 1. The van der Waals surface area contributed by atoms with Crippen LogP contribution in [0.25, 0.3) is 0 Å². The van der Waals surface area contributed by atoms with Gasteiger partial charge in [-0.2, -0.15) is 0 Å². The largest absolute Gasteiger partial charge is 0.508 e. The fourth-order valence-electron chi connectivity index (χ4n) is 2.07. The molecule has 1 aromatic carbocycles. The van der Waals surface area contributed by atoms with E-state index in [0.29, 0.717) is 11.3 Å².